The van der Waals surface area contributed by atoms with Crippen molar-refractivity contribution in [3.05, 3.63) is 34.4 Å². The summed E-state index contributed by atoms with van der Waals surface area (Å²) < 4.78 is 4.41. The van der Waals surface area contributed by atoms with Gasteiger partial charge in [-0.3, -0.25) is 0 Å². The first-order valence-electron chi connectivity index (χ1n) is 8.89. The van der Waals surface area contributed by atoms with Gasteiger partial charge in [-0.25, -0.2) is 4.68 Å². The fourth-order valence-electron chi connectivity index (χ4n) is 4.45. The zero-order valence-corrected chi connectivity index (χ0v) is 14.7. The summed E-state index contributed by atoms with van der Waals surface area (Å²) in [6.45, 7) is 3.17. The van der Waals surface area contributed by atoms with Gasteiger partial charge in [-0.2, -0.15) is 16.4 Å². The van der Waals surface area contributed by atoms with E-state index < -0.39 is 0 Å². The molecule has 3 aromatic rings. The zero-order valence-electron chi connectivity index (χ0n) is 13.9. The second-order valence-electron chi connectivity index (χ2n) is 6.90. The second kappa shape index (κ2) is 5.55. The van der Waals surface area contributed by atoms with Crippen LogP contribution in [0.3, 0.4) is 0 Å². The van der Waals surface area contributed by atoms with Gasteiger partial charge in [0.2, 0.25) is 0 Å². The van der Waals surface area contributed by atoms with Crippen molar-refractivity contribution in [2.75, 3.05) is 0 Å². The van der Waals surface area contributed by atoms with Crippen LogP contribution in [-0.4, -0.2) is 24.5 Å². The Balaban J connectivity index is 1.70. The minimum absolute atomic E-state index is 0.545. The van der Waals surface area contributed by atoms with E-state index in [4.69, 9.17) is 5.10 Å². The Bertz CT molecular complexity index is 854. The minimum Gasteiger partial charge on any atom is -0.309 e. The summed E-state index contributed by atoms with van der Waals surface area (Å²) in [7, 11) is 0. The van der Waals surface area contributed by atoms with Gasteiger partial charge < -0.3 is 4.57 Å². The number of fused-ring (bicyclic) bond motifs is 3. The van der Waals surface area contributed by atoms with Crippen molar-refractivity contribution in [3.63, 3.8) is 0 Å². The first-order valence-corrected chi connectivity index (χ1v) is 9.84. The molecule has 5 nitrogen and oxygen atoms in total. The molecule has 1 aliphatic heterocycles. The summed E-state index contributed by atoms with van der Waals surface area (Å²) in [5.74, 6) is 3.39. The molecule has 0 N–H and O–H groups in total. The summed E-state index contributed by atoms with van der Waals surface area (Å²) in [6.07, 6.45) is 8.42. The van der Waals surface area contributed by atoms with Crippen molar-refractivity contribution in [2.24, 2.45) is 5.92 Å². The number of hydrogen-bond acceptors (Lipinski definition) is 4. The van der Waals surface area contributed by atoms with E-state index in [-0.39, 0.29) is 0 Å². The molecule has 5 rings (SSSR count). The topological polar surface area (TPSA) is 48.5 Å². The third-order valence-corrected chi connectivity index (χ3v) is 6.32. The highest BCUT2D eigenvalue weighted by Gasteiger charge is 2.37. The summed E-state index contributed by atoms with van der Waals surface area (Å²) >= 11 is 1.70. The Morgan fingerprint density at radius 1 is 1.25 bits per heavy atom. The number of aromatic nitrogens is 5. The molecular weight excluding hydrogens is 318 g/mol. The van der Waals surface area contributed by atoms with Crippen LogP contribution in [0.2, 0.25) is 0 Å². The van der Waals surface area contributed by atoms with E-state index >= 15 is 0 Å². The molecule has 0 radical (unpaired) electrons. The highest BCUT2D eigenvalue weighted by molar-refractivity contribution is 7.08. The standard InChI is InChI=1S/C18H21N5S/c1-2-16-20-21-18-17-14(9-19-23(17)13-7-8-24-11-13)15(10-22(16)18)12-5-3-4-6-12/h7-9,11-12,15H,2-6,10H2,1H3. The Morgan fingerprint density at radius 3 is 2.88 bits per heavy atom. The maximum atomic E-state index is 4.74. The molecule has 1 unspecified atom stereocenters. The van der Waals surface area contributed by atoms with Gasteiger partial charge in [0.05, 0.1) is 11.9 Å². The lowest BCUT2D eigenvalue weighted by atomic mass is 9.83. The van der Waals surface area contributed by atoms with Crippen molar-refractivity contribution < 1.29 is 0 Å². The van der Waals surface area contributed by atoms with Crippen molar-refractivity contribution in [1.29, 1.82) is 0 Å². The average Bonchev–Trinajstić information content (AvgIpc) is 3.39. The summed E-state index contributed by atoms with van der Waals surface area (Å²) in [5, 5.41) is 18.0. The quantitative estimate of drug-likeness (QED) is 0.723. The van der Waals surface area contributed by atoms with E-state index in [9.17, 15) is 0 Å². The van der Waals surface area contributed by atoms with Crippen LogP contribution in [0, 0.1) is 5.92 Å². The predicted octanol–water partition coefficient (Wildman–Crippen LogP) is 4.04. The molecule has 24 heavy (non-hydrogen) atoms. The van der Waals surface area contributed by atoms with Crippen LogP contribution in [0.1, 0.15) is 49.9 Å². The molecule has 0 spiro atoms. The third-order valence-electron chi connectivity index (χ3n) is 5.65. The maximum Gasteiger partial charge on any atom is 0.183 e. The molecule has 0 amide bonds. The maximum absolute atomic E-state index is 4.74. The molecule has 3 aromatic heterocycles. The molecule has 6 heteroatoms. The van der Waals surface area contributed by atoms with Crippen LogP contribution in [-0.2, 0) is 13.0 Å². The average molecular weight is 339 g/mol. The van der Waals surface area contributed by atoms with Crippen molar-refractivity contribution in [2.45, 2.75) is 51.5 Å². The molecule has 4 heterocycles. The molecular formula is C18H21N5S. The lowest BCUT2D eigenvalue weighted by molar-refractivity contribution is 0.378. The number of aryl methyl sites for hydroxylation is 1. The molecule has 1 fully saturated rings. The van der Waals surface area contributed by atoms with Crippen LogP contribution >= 0.6 is 11.3 Å². The number of hydrogen-bond donors (Lipinski definition) is 0. The van der Waals surface area contributed by atoms with E-state index in [1.807, 2.05) is 0 Å². The largest absolute Gasteiger partial charge is 0.309 e. The van der Waals surface area contributed by atoms with E-state index in [0.717, 1.165) is 41.9 Å². The number of nitrogens with zero attached hydrogens (tertiary/aromatic N) is 5. The lowest BCUT2D eigenvalue weighted by Gasteiger charge is -2.29. The second-order valence-corrected chi connectivity index (χ2v) is 7.68. The van der Waals surface area contributed by atoms with Crippen LogP contribution in [0.25, 0.3) is 17.2 Å². The van der Waals surface area contributed by atoms with Gasteiger partial charge in [0.15, 0.2) is 5.82 Å². The lowest BCUT2D eigenvalue weighted by Crippen LogP contribution is -2.24. The van der Waals surface area contributed by atoms with E-state index in [0.29, 0.717) is 5.92 Å². The van der Waals surface area contributed by atoms with E-state index in [2.05, 4.69) is 49.4 Å². The van der Waals surface area contributed by atoms with Gasteiger partial charge in [0.25, 0.3) is 0 Å². The van der Waals surface area contributed by atoms with E-state index in [1.54, 1.807) is 11.3 Å². The number of rotatable bonds is 3. The summed E-state index contributed by atoms with van der Waals surface area (Å²) in [5.41, 5.74) is 3.65. The van der Waals surface area contributed by atoms with Gasteiger partial charge >= 0.3 is 0 Å². The van der Waals surface area contributed by atoms with Gasteiger partial charge in [-0.15, -0.1) is 10.2 Å². The molecule has 124 valence electrons. The summed E-state index contributed by atoms with van der Waals surface area (Å²) in [6, 6.07) is 2.12. The first-order chi connectivity index (χ1) is 11.9. The zero-order chi connectivity index (χ0) is 16.1. The van der Waals surface area contributed by atoms with Crippen molar-refractivity contribution in [3.8, 4) is 17.2 Å². The Labute approximate surface area is 145 Å². The van der Waals surface area contributed by atoms with Crippen LogP contribution in [0.4, 0.5) is 0 Å². The molecule has 2 aliphatic rings. The summed E-state index contributed by atoms with van der Waals surface area (Å²) in [4.78, 5) is 0. The highest BCUT2D eigenvalue weighted by Crippen LogP contribution is 2.45. The smallest absolute Gasteiger partial charge is 0.183 e. The molecule has 0 saturated heterocycles. The number of thiophene rings is 1. The Morgan fingerprint density at radius 2 is 2.12 bits per heavy atom. The molecule has 1 saturated carbocycles. The van der Waals surface area contributed by atoms with Crippen molar-refractivity contribution >= 4 is 11.3 Å². The molecule has 1 atom stereocenters. The van der Waals surface area contributed by atoms with Crippen LogP contribution in [0.5, 0.6) is 0 Å². The van der Waals surface area contributed by atoms with Gasteiger partial charge in [-0.1, -0.05) is 19.8 Å². The predicted molar refractivity (Wildman–Crippen MR) is 94.5 cm³/mol. The highest BCUT2D eigenvalue weighted by atomic mass is 32.1. The van der Waals surface area contributed by atoms with Crippen LogP contribution < -0.4 is 0 Å². The van der Waals surface area contributed by atoms with Gasteiger partial charge in [0.1, 0.15) is 11.5 Å². The molecule has 0 aromatic carbocycles. The Kier molecular flexibility index (Phi) is 3.33. The fraction of sp³-hybridized carbons (Fsp3) is 0.500. The fourth-order valence-corrected chi connectivity index (χ4v) is 5.07. The van der Waals surface area contributed by atoms with Crippen molar-refractivity contribution in [1.82, 2.24) is 24.5 Å². The van der Waals surface area contributed by atoms with Gasteiger partial charge in [-0.05, 0) is 30.2 Å². The van der Waals surface area contributed by atoms with Gasteiger partial charge in [0, 0.05) is 29.8 Å². The molecule has 0 bridgehead atoms. The Hall–Kier alpha value is -1.95. The minimum atomic E-state index is 0.545. The third kappa shape index (κ3) is 2.02. The van der Waals surface area contributed by atoms with E-state index in [1.165, 1.54) is 31.2 Å². The molecule has 1 aliphatic carbocycles. The SMILES string of the molecule is CCc1nnc2n1CC(C1CCCC1)c1cnn(-c3ccsc3)c1-2. The van der Waals surface area contributed by atoms with Crippen LogP contribution in [0.15, 0.2) is 23.0 Å². The monoisotopic (exact) mass is 339 g/mol. The first kappa shape index (κ1) is 14.4. The normalized spacial score (nSPS) is 20.3.